The summed E-state index contributed by atoms with van der Waals surface area (Å²) in [6.07, 6.45) is -2.77. The molecule has 0 spiro atoms. The molecule has 0 unspecified atom stereocenters. The Bertz CT molecular complexity index is 1340. The number of nitrogens with zero attached hydrogens (tertiary/aromatic N) is 2. The number of carbonyl (C=O) groups excluding carboxylic acids is 1. The van der Waals surface area contributed by atoms with E-state index in [4.69, 9.17) is 0 Å². The number of halogens is 3. The van der Waals surface area contributed by atoms with Crippen molar-refractivity contribution in [2.24, 2.45) is 0 Å². The number of sulfone groups is 1. The Morgan fingerprint density at radius 2 is 1.94 bits per heavy atom. The lowest BCUT2D eigenvalue weighted by Gasteiger charge is -2.15. The SMILES string of the molecule is CS(=O)(=O)c1cccc(CNc2nc(Nc3ccc4c(c3)CC(=O)N4)ncc2C(F)(F)F)c1. The second kappa shape index (κ2) is 8.35. The number of amides is 1. The number of benzene rings is 2. The van der Waals surface area contributed by atoms with E-state index in [2.05, 4.69) is 25.9 Å². The lowest BCUT2D eigenvalue weighted by atomic mass is 10.1. The van der Waals surface area contributed by atoms with Gasteiger partial charge in [-0.05, 0) is 41.5 Å². The van der Waals surface area contributed by atoms with Gasteiger partial charge in [-0.3, -0.25) is 4.79 Å². The molecule has 33 heavy (non-hydrogen) atoms. The van der Waals surface area contributed by atoms with Gasteiger partial charge in [0.25, 0.3) is 0 Å². The minimum atomic E-state index is -4.70. The van der Waals surface area contributed by atoms with Gasteiger partial charge in [0, 0.05) is 30.4 Å². The molecule has 0 fully saturated rings. The van der Waals surface area contributed by atoms with Gasteiger partial charge in [-0.25, -0.2) is 13.4 Å². The molecule has 1 amide bonds. The molecule has 4 rings (SSSR count). The quantitative estimate of drug-likeness (QED) is 0.496. The van der Waals surface area contributed by atoms with E-state index >= 15 is 0 Å². The Hall–Kier alpha value is -3.67. The van der Waals surface area contributed by atoms with Crippen LogP contribution in [0.2, 0.25) is 0 Å². The first-order valence-electron chi connectivity index (χ1n) is 9.66. The van der Waals surface area contributed by atoms with Crippen molar-refractivity contribution >= 4 is 38.9 Å². The Morgan fingerprint density at radius 3 is 2.67 bits per heavy atom. The third-order valence-electron chi connectivity index (χ3n) is 4.87. The van der Waals surface area contributed by atoms with Crippen LogP contribution in [-0.2, 0) is 33.8 Å². The van der Waals surface area contributed by atoms with E-state index in [1.165, 1.54) is 18.2 Å². The number of anilines is 4. The van der Waals surface area contributed by atoms with Gasteiger partial charge in [-0.15, -0.1) is 0 Å². The van der Waals surface area contributed by atoms with Gasteiger partial charge >= 0.3 is 6.18 Å². The predicted octanol–water partition coefficient (Wildman–Crippen LogP) is 3.75. The molecular formula is C21H18F3N5O3S. The Kier molecular flexibility index (Phi) is 5.70. The average Bonchev–Trinajstić information content (AvgIpc) is 3.10. The van der Waals surface area contributed by atoms with Gasteiger partial charge in [-0.2, -0.15) is 18.2 Å². The van der Waals surface area contributed by atoms with Crippen LogP contribution in [0.5, 0.6) is 0 Å². The van der Waals surface area contributed by atoms with E-state index in [0.717, 1.165) is 11.8 Å². The number of hydrogen-bond acceptors (Lipinski definition) is 7. The monoisotopic (exact) mass is 477 g/mol. The van der Waals surface area contributed by atoms with Crippen molar-refractivity contribution in [1.82, 2.24) is 9.97 Å². The largest absolute Gasteiger partial charge is 0.421 e. The highest BCUT2D eigenvalue weighted by atomic mass is 32.2. The normalized spacial score (nSPS) is 13.4. The van der Waals surface area contributed by atoms with Crippen LogP contribution in [0, 0.1) is 0 Å². The third-order valence-corrected chi connectivity index (χ3v) is 5.98. The fourth-order valence-corrected chi connectivity index (χ4v) is 3.98. The van der Waals surface area contributed by atoms with E-state index in [0.29, 0.717) is 23.1 Å². The van der Waals surface area contributed by atoms with E-state index in [1.807, 2.05) is 0 Å². The lowest BCUT2D eigenvalue weighted by molar-refractivity contribution is -0.137. The summed E-state index contributed by atoms with van der Waals surface area (Å²) in [4.78, 5) is 19.3. The van der Waals surface area contributed by atoms with Crippen LogP contribution in [0.4, 0.5) is 36.3 Å². The van der Waals surface area contributed by atoms with Crippen molar-refractivity contribution in [3.05, 3.63) is 65.4 Å². The lowest BCUT2D eigenvalue weighted by Crippen LogP contribution is -2.14. The second-order valence-electron chi connectivity index (χ2n) is 7.45. The fraction of sp³-hybridized carbons (Fsp3) is 0.190. The maximum atomic E-state index is 13.5. The number of rotatable bonds is 6. The molecule has 0 saturated heterocycles. The first-order valence-corrected chi connectivity index (χ1v) is 11.5. The molecule has 0 saturated carbocycles. The molecule has 0 bridgehead atoms. The molecule has 1 aromatic heterocycles. The van der Waals surface area contributed by atoms with E-state index < -0.39 is 27.4 Å². The molecule has 2 heterocycles. The van der Waals surface area contributed by atoms with Crippen LogP contribution in [0.25, 0.3) is 0 Å². The highest BCUT2D eigenvalue weighted by Gasteiger charge is 2.35. The summed E-state index contributed by atoms with van der Waals surface area (Å²) >= 11 is 0. The molecule has 0 aliphatic carbocycles. The molecule has 12 heteroatoms. The predicted molar refractivity (Wildman–Crippen MR) is 116 cm³/mol. The average molecular weight is 477 g/mol. The fourth-order valence-electron chi connectivity index (χ4n) is 3.29. The first-order chi connectivity index (χ1) is 15.5. The zero-order valence-electron chi connectivity index (χ0n) is 17.2. The zero-order chi connectivity index (χ0) is 23.8. The molecule has 3 aromatic rings. The van der Waals surface area contributed by atoms with E-state index in [-0.39, 0.29) is 29.7 Å². The van der Waals surface area contributed by atoms with Gasteiger partial charge in [0.2, 0.25) is 11.9 Å². The van der Waals surface area contributed by atoms with Crippen molar-refractivity contribution in [3.8, 4) is 0 Å². The summed E-state index contributed by atoms with van der Waals surface area (Å²) in [5.41, 5.74) is 1.35. The van der Waals surface area contributed by atoms with Gasteiger partial charge < -0.3 is 16.0 Å². The zero-order valence-corrected chi connectivity index (χ0v) is 18.0. The van der Waals surface area contributed by atoms with Crippen LogP contribution in [-0.4, -0.2) is 30.5 Å². The molecule has 1 aliphatic rings. The summed E-state index contributed by atoms with van der Waals surface area (Å²) in [6, 6.07) is 10.9. The maximum Gasteiger partial charge on any atom is 0.421 e. The summed E-state index contributed by atoms with van der Waals surface area (Å²) in [5, 5.41) is 8.17. The second-order valence-corrected chi connectivity index (χ2v) is 9.46. The number of nitrogens with one attached hydrogen (secondary N) is 3. The third kappa shape index (κ3) is 5.22. The van der Waals surface area contributed by atoms with Gasteiger partial charge in [0.15, 0.2) is 9.84 Å². The highest BCUT2D eigenvalue weighted by Crippen LogP contribution is 2.34. The number of hydrogen-bond donors (Lipinski definition) is 3. The number of fused-ring (bicyclic) bond motifs is 1. The van der Waals surface area contributed by atoms with Crippen molar-refractivity contribution in [2.45, 2.75) is 24.0 Å². The smallest absolute Gasteiger partial charge is 0.365 e. The standard InChI is InChI=1S/C21H18F3N5O3S/c1-33(31,32)15-4-2-3-12(7-15)10-25-19-16(21(22,23)24)11-26-20(29-19)27-14-5-6-17-13(8-14)9-18(30)28-17/h2-8,11H,9-10H2,1H3,(H,28,30)(H2,25,26,27,29). The van der Waals surface area contributed by atoms with Crippen molar-refractivity contribution < 1.29 is 26.4 Å². The molecule has 172 valence electrons. The van der Waals surface area contributed by atoms with Gasteiger partial charge in [0.1, 0.15) is 11.4 Å². The number of carbonyl (C=O) groups is 1. The first kappa shape index (κ1) is 22.5. The summed E-state index contributed by atoms with van der Waals surface area (Å²) < 4.78 is 63.9. The summed E-state index contributed by atoms with van der Waals surface area (Å²) in [7, 11) is -3.46. The minimum Gasteiger partial charge on any atom is -0.365 e. The molecule has 3 N–H and O–H groups in total. The highest BCUT2D eigenvalue weighted by molar-refractivity contribution is 7.90. The van der Waals surface area contributed by atoms with Crippen LogP contribution >= 0.6 is 0 Å². The van der Waals surface area contributed by atoms with Crippen molar-refractivity contribution in [2.75, 3.05) is 22.2 Å². The minimum absolute atomic E-state index is 0.0625. The van der Waals surface area contributed by atoms with Crippen molar-refractivity contribution in [3.63, 3.8) is 0 Å². The van der Waals surface area contributed by atoms with Gasteiger partial charge in [-0.1, -0.05) is 12.1 Å². The molecule has 0 radical (unpaired) electrons. The maximum absolute atomic E-state index is 13.5. The Balaban J connectivity index is 1.58. The van der Waals surface area contributed by atoms with Crippen LogP contribution in [0.1, 0.15) is 16.7 Å². The van der Waals surface area contributed by atoms with Gasteiger partial charge in [0.05, 0.1) is 11.3 Å². The van der Waals surface area contributed by atoms with E-state index in [1.54, 1.807) is 24.3 Å². The molecule has 2 aromatic carbocycles. The van der Waals surface area contributed by atoms with Crippen molar-refractivity contribution in [1.29, 1.82) is 0 Å². The topological polar surface area (TPSA) is 113 Å². The van der Waals surface area contributed by atoms with E-state index in [9.17, 15) is 26.4 Å². The van der Waals surface area contributed by atoms with Crippen LogP contribution in [0.3, 0.4) is 0 Å². The Morgan fingerprint density at radius 1 is 1.15 bits per heavy atom. The number of aromatic nitrogens is 2. The Labute approximate surface area is 187 Å². The molecular weight excluding hydrogens is 459 g/mol. The summed E-state index contributed by atoms with van der Waals surface area (Å²) in [5.74, 6) is -0.672. The van der Waals surface area contributed by atoms with Crippen LogP contribution in [0.15, 0.2) is 53.6 Å². The molecule has 8 nitrogen and oxygen atoms in total. The molecule has 0 atom stereocenters. The van der Waals surface area contributed by atoms with Crippen LogP contribution < -0.4 is 16.0 Å². The number of alkyl halides is 3. The molecule has 1 aliphatic heterocycles. The summed E-state index contributed by atoms with van der Waals surface area (Å²) in [6.45, 7) is -0.0878.